The van der Waals surface area contributed by atoms with Crippen molar-refractivity contribution in [1.82, 2.24) is 0 Å². The van der Waals surface area contributed by atoms with Crippen molar-refractivity contribution in [3.8, 4) is 0 Å². The van der Waals surface area contributed by atoms with Gasteiger partial charge in [-0.1, -0.05) is 0 Å². The maximum absolute atomic E-state index is 10.3. The normalized spacial score (nSPS) is 11.7. The third kappa shape index (κ3) is 6.66. The molecular formula is C6H8F4O2. The SMILES string of the molecule is F.F.F.F.O=C1C=CC(=O)C=C1. The van der Waals surface area contributed by atoms with Crippen LogP contribution >= 0.6 is 0 Å². The minimum atomic E-state index is -0.121. The lowest BCUT2D eigenvalue weighted by Crippen LogP contribution is -1.97. The molecule has 1 aliphatic rings. The lowest BCUT2D eigenvalue weighted by atomic mass is 10.2. The molecule has 0 aromatic rings. The molecule has 0 amide bonds. The second-order valence-electron chi connectivity index (χ2n) is 1.47. The Labute approximate surface area is 65.4 Å². The number of hydrogen-bond acceptors (Lipinski definition) is 2. The Balaban J connectivity index is -0.0000000800. The van der Waals surface area contributed by atoms with Crippen molar-refractivity contribution in [3.05, 3.63) is 24.3 Å². The lowest BCUT2D eigenvalue weighted by molar-refractivity contribution is -0.113. The number of carbonyl (C=O) groups excluding carboxylic acids is 2. The third-order valence-electron chi connectivity index (χ3n) is 0.824. The van der Waals surface area contributed by atoms with Crippen LogP contribution in [0, 0.1) is 0 Å². The standard InChI is InChI=1S/C6H4O2.4FH/c7-5-1-2-6(8)4-3-5;;;;/h1-4H;4*1H. The fourth-order valence-electron chi connectivity index (χ4n) is 0.440. The number of rotatable bonds is 0. The second-order valence-corrected chi connectivity index (χ2v) is 1.47. The zero-order chi connectivity index (χ0) is 5.98. The quantitative estimate of drug-likeness (QED) is 0.417. The number of ketones is 2. The number of hydrogen-bond donors (Lipinski definition) is 0. The van der Waals surface area contributed by atoms with Crippen molar-refractivity contribution in [2.45, 2.75) is 0 Å². The van der Waals surface area contributed by atoms with Crippen LogP contribution in [0.1, 0.15) is 0 Å². The van der Waals surface area contributed by atoms with Gasteiger partial charge in [-0.05, 0) is 24.3 Å². The molecule has 12 heavy (non-hydrogen) atoms. The van der Waals surface area contributed by atoms with Gasteiger partial charge in [0.25, 0.3) is 0 Å². The Morgan fingerprint density at radius 2 is 0.750 bits per heavy atom. The topological polar surface area (TPSA) is 34.1 Å². The van der Waals surface area contributed by atoms with Crippen LogP contribution in [0.5, 0.6) is 0 Å². The highest BCUT2D eigenvalue weighted by Gasteiger charge is 1.97. The summed E-state index contributed by atoms with van der Waals surface area (Å²) in [6, 6.07) is 0. The van der Waals surface area contributed by atoms with E-state index >= 15 is 0 Å². The van der Waals surface area contributed by atoms with E-state index < -0.39 is 0 Å². The van der Waals surface area contributed by atoms with E-state index in [9.17, 15) is 9.59 Å². The highest BCUT2D eigenvalue weighted by atomic mass is 19.0. The molecule has 0 N–H and O–H groups in total. The molecule has 0 saturated carbocycles. The van der Waals surface area contributed by atoms with E-state index in [2.05, 4.69) is 0 Å². The Morgan fingerprint density at radius 3 is 0.917 bits per heavy atom. The maximum atomic E-state index is 10.3. The van der Waals surface area contributed by atoms with E-state index in [1.165, 1.54) is 24.3 Å². The first-order valence-corrected chi connectivity index (χ1v) is 2.23. The van der Waals surface area contributed by atoms with Gasteiger partial charge in [0, 0.05) is 0 Å². The first-order valence-electron chi connectivity index (χ1n) is 2.23. The van der Waals surface area contributed by atoms with Crippen LogP contribution in [-0.2, 0) is 9.59 Å². The largest absolute Gasteiger partial charge is 0.290 e. The van der Waals surface area contributed by atoms with Crippen LogP contribution < -0.4 is 0 Å². The Morgan fingerprint density at radius 1 is 0.583 bits per heavy atom. The molecule has 0 spiro atoms. The fraction of sp³-hybridized carbons (Fsp3) is 0. The van der Waals surface area contributed by atoms with Crippen LogP contribution in [0.15, 0.2) is 24.3 Å². The summed E-state index contributed by atoms with van der Waals surface area (Å²) in [5.41, 5.74) is 0. The number of carbonyl (C=O) groups is 2. The van der Waals surface area contributed by atoms with Crippen molar-refractivity contribution < 1.29 is 28.4 Å². The molecule has 0 aliphatic heterocycles. The molecule has 0 bridgehead atoms. The van der Waals surface area contributed by atoms with Crippen LogP contribution in [0.25, 0.3) is 0 Å². The molecule has 2 nitrogen and oxygen atoms in total. The minimum Gasteiger partial charge on any atom is -0.290 e. The Bertz CT molecular complexity index is 160. The van der Waals surface area contributed by atoms with Crippen LogP contribution in [0.4, 0.5) is 18.8 Å². The zero-order valence-electron chi connectivity index (χ0n) is 5.76. The first-order chi connectivity index (χ1) is 3.79. The van der Waals surface area contributed by atoms with E-state index in [1.807, 2.05) is 0 Å². The summed E-state index contributed by atoms with van der Waals surface area (Å²) in [5, 5.41) is 0. The highest BCUT2D eigenvalue weighted by Crippen LogP contribution is 1.90. The molecule has 0 radical (unpaired) electrons. The fourth-order valence-corrected chi connectivity index (χ4v) is 0.440. The first kappa shape index (κ1) is 22.4. The van der Waals surface area contributed by atoms with Gasteiger partial charge < -0.3 is 0 Å². The molecule has 1 rings (SSSR count). The predicted octanol–water partition coefficient (Wildman–Crippen LogP) is 0.861. The summed E-state index contributed by atoms with van der Waals surface area (Å²) in [7, 11) is 0. The molecule has 0 saturated heterocycles. The van der Waals surface area contributed by atoms with E-state index in [4.69, 9.17) is 0 Å². The monoisotopic (exact) mass is 188 g/mol. The predicted molar refractivity (Wildman–Crippen MR) is 38.3 cm³/mol. The summed E-state index contributed by atoms with van der Waals surface area (Å²) < 4.78 is 0. The molecule has 0 fully saturated rings. The Hall–Kier alpha value is -1.46. The zero-order valence-corrected chi connectivity index (χ0v) is 5.76. The van der Waals surface area contributed by atoms with Gasteiger partial charge in [-0.2, -0.15) is 0 Å². The summed E-state index contributed by atoms with van der Waals surface area (Å²) >= 11 is 0. The smallest absolute Gasteiger partial charge is 0.178 e. The number of allylic oxidation sites excluding steroid dienone is 4. The van der Waals surface area contributed by atoms with Gasteiger partial charge in [-0.15, -0.1) is 0 Å². The van der Waals surface area contributed by atoms with Gasteiger partial charge >= 0.3 is 0 Å². The van der Waals surface area contributed by atoms with Gasteiger partial charge in [0.1, 0.15) is 0 Å². The third-order valence-corrected chi connectivity index (χ3v) is 0.824. The van der Waals surface area contributed by atoms with E-state index in [0.717, 1.165) is 0 Å². The summed E-state index contributed by atoms with van der Waals surface area (Å²) in [6.45, 7) is 0. The molecule has 0 aromatic heterocycles. The average Bonchev–Trinajstić information content (AvgIpc) is 1.77. The molecule has 1 aliphatic carbocycles. The molecule has 0 aromatic carbocycles. The van der Waals surface area contributed by atoms with E-state index in [0.29, 0.717) is 0 Å². The second kappa shape index (κ2) is 9.54. The van der Waals surface area contributed by atoms with Gasteiger partial charge in [0.15, 0.2) is 11.6 Å². The van der Waals surface area contributed by atoms with E-state index in [-0.39, 0.29) is 30.4 Å². The van der Waals surface area contributed by atoms with E-state index in [1.54, 1.807) is 0 Å². The summed E-state index contributed by atoms with van der Waals surface area (Å²) in [4.78, 5) is 20.6. The minimum absolute atomic E-state index is 0. The number of halogens is 4. The molecule has 6 heteroatoms. The van der Waals surface area contributed by atoms with Crippen molar-refractivity contribution >= 4 is 11.6 Å². The summed E-state index contributed by atoms with van der Waals surface area (Å²) in [5.74, 6) is -0.241. The molecule has 0 heterocycles. The van der Waals surface area contributed by atoms with Crippen LogP contribution in [0.2, 0.25) is 0 Å². The summed E-state index contributed by atoms with van der Waals surface area (Å²) in [6.07, 6.45) is 5.01. The lowest BCUT2D eigenvalue weighted by Gasteiger charge is -1.87. The van der Waals surface area contributed by atoms with Crippen LogP contribution in [0.3, 0.4) is 0 Å². The molecule has 72 valence electrons. The van der Waals surface area contributed by atoms with Gasteiger partial charge in [-0.3, -0.25) is 28.4 Å². The van der Waals surface area contributed by atoms with Gasteiger partial charge in [0.2, 0.25) is 0 Å². The average molecular weight is 188 g/mol. The van der Waals surface area contributed by atoms with Crippen molar-refractivity contribution in [2.24, 2.45) is 0 Å². The molecule has 0 unspecified atom stereocenters. The maximum Gasteiger partial charge on any atom is 0.178 e. The highest BCUT2D eigenvalue weighted by molar-refractivity contribution is 6.14. The van der Waals surface area contributed by atoms with Gasteiger partial charge in [-0.25, -0.2) is 0 Å². The molecular weight excluding hydrogens is 180 g/mol. The van der Waals surface area contributed by atoms with Crippen molar-refractivity contribution in [3.63, 3.8) is 0 Å². The molecule has 0 atom stereocenters. The van der Waals surface area contributed by atoms with Crippen molar-refractivity contribution in [1.29, 1.82) is 0 Å². The van der Waals surface area contributed by atoms with Crippen LogP contribution in [-0.4, -0.2) is 11.6 Å². The Kier molecular flexibility index (Phi) is 17.8. The van der Waals surface area contributed by atoms with Crippen molar-refractivity contribution in [2.75, 3.05) is 0 Å². The van der Waals surface area contributed by atoms with Gasteiger partial charge in [0.05, 0.1) is 0 Å².